The average Bonchev–Trinajstić information content (AvgIpc) is 2.75. The van der Waals surface area contributed by atoms with Gasteiger partial charge in [-0.15, -0.1) is 0 Å². The summed E-state index contributed by atoms with van der Waals surface area (Å²) >= 11 is 0. The first-order valence-corrected chi connectivity index (χ1v) is 7.43. The van der Waals surface area contributed by atoms with Gasteiger partial charge in [-0.1, -0.05) is 36.4 Å². The van der Waals surface area contributed by atoms with Crippen LogP contribution in [0.4, 0.5) is 4.79 Å². The Labute approximate surface area is 123 Å². The Morgan fingerprint density at radius 1 is 1.24 bits per heavy atom. The highest BCUT2D eigenvalue weighted by atomic mass is 16.4. The maximum atomic E-state index is 11.8. The Kier molecular flexibility index (Phi) is 2.69. The van der Waals surface area contributed by atoms with Crippen molar-refractivity contribution < 1.29 is 9.90 Å². The number of hydrogen-bond donors (Lipinski definition) is 2. The number of fused-ring (bicyclic) bond motifs is 3. The fourth-order valence-corrected chi connectivity index (χ4v) is 4.02. The third-order valence-corrected chi connectivity index (χ3v) is 5.01. The van der Waals surface area contributed by atoms with Crippen LogP contribution in [-0.4, -0.2) is 35.2 Å². The van der Waals surface area contributed by atoms with Crippen LogP contribution in [0.3, 0.4) is 0 Å². The number of benzene rings is 2. The Morgan fingerprint density at radius 3 is 2.86 bits per heavy atom. The summed E-state index contributed by atoms with van der Waals surface area (Å²) in [6, 6.07) is 14.7. The lowest BCUT2D eigenvalue weighted by molar-refractivity contribution is 0.0597. The van der Waals surface area contributed by atoms with Gasteiger partial charge >= 0.3 is 6.09 Å². The van der Waals surface area contributed by atoms with E-state index in [0.29, 0.717) is 6.54 Å². The van der Waals surface area contributed by atoms with Crippen LogP contribution < -0.4 is 5.32 Å². The molecule has 0 radical (unpaired) electrons. The summed E-state index contributed by atoms with van der Waals surface area (Å²) in [5.74, 6) is 0. The number of nitrogens with one attached hydrogen (secondary N) is 1. The van der Waals surface area contributed by atoms with Gasteiger partial charge in [0.05, 0.1) is 5.54 Å². The van der Waals surface area contributed by atoms with Gasteiger partial charge in [0.1, 0.15) is 0 Å². The third-order valence-electron chi connectivity index (χ3n) is 5.01. The van der Waals surface area contributed by atoms with Crippen LogP contribution >= 0.6 is 0 Å². The van der Waals surface area contributed by atoms with Gasteiger partial charge in [-0.2, -0.15) is 0 Å². The molecule has 2 unspecified atom stereocenters. The zero-order valence-corrected chi connectivity index (χ0v) is 11.7. The molecule has 2 aromatic carbocycles. The van der Waals surface area contributed by atoms with Gasteiger partial charge in [-0.05, 0) is 35.2 Å². The molecule has 2 bridgehead atoms. The molecule has 4 rings (SSSR count). The minimum absolute atomic E-state index is 0.0997. The molecular weight excluding hydrogens is 264 g/mol. The van der Waals surface area contributed by atoms with Crippen molar-refractivity contribution in [2.45, 2.75) is 24.4 Å². The fourth-order valence-electron chi connectivity index (χ4n) is 4.02. The first kappa shape index (κ1) is 12.7. The first-order chi connectivity index (χ1) is 10.2. The summed E-state index contributed by atoms with van der Waals surface area (Å²) in [5.41, 5.74) is 0.706. The van der Waals surface area contributed by atoms with E-state index in [1.54, 1.807) is 4.90 Å². The van der Waals surface area contributed by atoms with Gasteiger partial charge in [0.15, 0.2) is 0 Å². The quantitative estimate of drug-likeness (QED) is 0.845. The number of piperazine rings is 1. The van der Waals surface area contributed by atoms with Crippen LogP contribution in [0.1, 0.15) is 18.4 Å². The molecule has 0 aromatic heterocycles. The lowest BCUT2D eigenvalue weighted by Crippen LogP contribution is -2.60. The number of hydrogen-bond acceptors (Lipinski definition) is 2. The second-order valence-electron chi connectivity index (χ2n) is 6.07. The predicted octanol–water partition coefficient (Wildman–Crippen LogP) is 2.78. The van der Waals surface area contributed by atoms with Crippen molar-refractivity contribution in [2.24, 2.45) is 0 Å². The lowest BCUT2D eigenvalue weighted by atomic mass is 9.85. The number of rotatable bonds is 1. The maximum Gasteiger partial charge on any atom is 0.408 e. The molecule has 108 valence electrons. The standard InChI is InChI=1S/C17H18N2O2/c20-16(21)19-15-7-8-17(19,11-18-10-15)14-6-5-12-3-1-2-4-13(12)9-14/h1-6,9,15,18H,7-8,10-11H2,(H,20,21). The van der Waals surface area contributed by atoms with Crippen LogP contribution in [0.2, 0.25) is 0 Å². The molecule has 2 fully saturated rings. The second-order valence-corrected chi connectivity index (χ2v) is 6.07. The highest BCUT2D eigenvalue weighted by Gasteiger charge is 2.52. The van der Waals surface area contributed by atoms with E-state index in [1.165, 1.54) is 10.8 Å². The Hall–Kier alpha value is -2.07. The van der Waals surface area contributed by atoms with Gasteiger partial charge in [0.25, 0.3) is 0 Å². The highest BCUT2D eigenvalue weighted by molar-refractivity contribution is 5.83. The van der Waals surface area contributed by atoms with E-state index in [1.807, 2.05) is 12.1 Å². The number of nitrogens with zero attached hydrogens (tertiary/aromatic N) is 1. The fraction of sp³-hybridized carbons (Fsp3) is 0.353. The molecule has 4 heteroatoms. The van der Waals surface area contributed by atoms with Crippen LogP contribution in [0, 0.1) is 0 Å². The van der Waals surface area contributed by atoms with Crippen LogP contribution in [-0.2, 0) is 5.54 Å². The van der Waals surface area contributed by atoms with Crippen LogP contribution in [0.5, 0.6) is 0 Å². The molecule has 2 atom stereocenters. The molecule has 2 N–H and O–H groups in total. The summed E-state index contributed by atoms with van der Waals surface area (Å²) in [6.07, 6.45) is 1.04. The Morgan fingerprint density at radius 2 is 2.05 bits per heavy atom. The molecule has 21 heavy (non-hydrogen) atoms. The Bertz CT molecular complexity index is 711. The van der Waals surface area contributed by atoms with Gasteiger partial charge in [-0.3, -0.25) is 4.90 Å². The minimum atomic E-state index is -0.799. The minimum Gasteiger partial charge on any atom is -0.465 e. The van der Waals surface area contributed by atoms with Crippen LogP contribution in [0.15, 0.2) is 42.5 Å². The predicted molar refractivity (Wildman–Crippen MR) is 81.4 cm³/mol. The summed E-state index contributed by atoms with van der Waals surface area (Å²) in [7, 11) is 0. The van der Waals surface area contributed by atoms with Crippen LogP contribution in [0.25, 0.3) is 10.8 Å². The van der Waals surface area contributed by atoms with E-state index in [-0.39, 0.29) is 6.04 Å². The molecule has 2 saturated heterocycles. The SMILES string of the molecule is O=C(O)N1C2CCC1(c1ccc3ccccc3c1)CNC2. The monoisotopic (exact) mass is 282 g/mol. The molecule has 2 aliphatic rings. The summed E-state index contributed by atoms with van der Waals surface area (Å²) in [5, 5.41) is 15.4. The first-order valence-electron chi connectivity index (χ1n) is 7.43. The van der Waals surface area contributed by atoms with Gasteiger partial charge in [-0.25, -0.2) is 4.79 Å². The summed E-state index contributed by atoms with van der Waals surface area (Å²) in [4.78, 5) is 13.4. The average molecular weight is 282 g/mol. The van der Waals surface area contributed by atoms with E-state index in [4.69, 9.17) is 0 Å². The molecule has 2 heterocycles. The molecule has 0 spiro atoms. The van der Waals surface area contributed by atoms with Gasteiger partial charge in [0.2, 0.25) is 0 Å². The number of carboxylic acid groups (broad SMARTS) is 1. The number of carbonyl (C=O) groups is 1. The second kappa shape index (κ2) is 4.46. The van der Waals surface area contributed by atoms with Crippen molar-refractivity contribution >= 4 is 16.9 Å². The van der Waals surface area contributed by atoms with E-state index in [2.05, 4.69) is 35.6 Å². The Balaban J connectivity index is 1.86. The van der Waals surface area contributed by atoms with E-state index >= 15 is 0 Å². The third kappa shape index (κ3) is 1.75. The molecule has 0 aliphatic carbocycles. The summed E-state index contributed by atoms with van der Waals surface area (Å²) in [6.45, 7) is 1.47. The summed E-state index contributed by atoms with van der Waals surface area (Å²) < 4.78 is 0. The van der Waals surface area contributed by atoms with E-state index in [9.17, 15) is 9.90 Å². The van der Waals surface area contributed by atoms with Crippen molar-refractivity contribution in [1.82, 2.24) is 10.2 Å². The largest absolute Gasteiger partial charge is 0.465 e. The topological polar surface area (TPSA) is 52.6 Å². The zero-order chi connectivity index (χ0) is 14.4. The molecule has 0 saturated carbocycles. The highest BCUT2D eigenvalue weighted by Crippen LogP contribution is 2.44. The number of amides is 1. The molecular formula is C17H18N2O2. The smallest absolute Gasteiger partial charge is 0.408 e. The van der Waals surface area contributed by atoms with Crippen molar-refractivity contribution in [1.29, 1.82) is 0 Å². The molecule has 2 aliphatic heterocycles. The van der Waals surface area contributed by atoms with E-state index < -0.39 is 11.6 Å². The van der Waals surface area contributed by atoms with E-state index in [0.717, 1.165) is 24.9 Å². The van der Waals surface area contributed by atoms with Crippen molar-refractivity contribution in [2.75, 3.05) is 13.1 Å². The molecule has 4 nitrogen and oxygen atoms in total. The van der Waals surface area contributed by atoms with Gasteiger partial charge < -0.3 is 10.4 Å². The van der Waals surface area contributed by atoms with Gasteiger partial charge in [0, 0.05) is 19.1 Å². The zero-order valence-electron chi connectivity index (χ0n) is 11.7. The molecule has 1 amide bonds. The maximum absolute atomic E-state index is 11.8. The molecule has 2 aromatic rings. The normalized spacial score (nSPS) is 28.0. The van der Waals surface area contributed by atoms with Crippen molar-refractivity contribution in [3.05, 3.63) is 48.0 Å². The lowest BCUT2D eigenvalue weighted by Gasteiger charge is -2.44. The van der Waals surface area contributed by atoms with Crippen molar-refractivity contribution in [3.63, 3.8) is 0 Å². The van der Waals surface area contributed by atoms with Crippen molar-refractivity contribution in [3.8, 4) is 0 Å².